The number of aromatic nitrogens is 1. The Kier molecular flexibility index (Phi) is 5.00. The van der Waals surface area contributed by atoms with E-state index in [2.05, 4.69) is 60.5 Å². The molecule has 0 radical (unpaired) electrons. The summed E-state index contributed by atoms with van der Waals surface area (Å²) in [6.45, 7) is 4.28. The summed E-state index contributed by atoms with van der Waals surface area (Å²) in [5, 5.41) is 3.28. The second-order valence-electron chi connectivity index (χ2n) is 4.59. The van der Waals surface area contributed by atoms with Gasteiger partial charge < -0.3 is 5.32 Å². The van der Waals surface area contributed by atoms with Crippen LogP contribution >= 0.6 is 11.8 Å². The summed E-state index contributed by atoms with van der Waals surface area (Å²) in [5.41, 5.74) is 2.40. The van der Waals surface area contributed by atoms with Crippen molar-refractivity contribution in [3.05, 3.63) is 53.9 Å². The molecule has 1 aromatic carbocycles. The highest BCUT2D eigenvalue weighted by molar-refractivity contribution is 7.99. The molecule has 0 amide bonds. The molecule has 3 heteroatoms. The van der Waals surface area contributed by atoms with E-state index in [0.717, 1.165) is 12.1 Å². The van der Waals surface area contributed by atoms with E-state index in [1.807, 2.05) is 13.2 Å². The second-order valence-corrected chi connectivity index (χ2v) is 5.73. The summed E-state index contributed by atoms with van der Waals surface area (Å²) >= 11 is 1.75. The van der Waals surface area contributed by atoms with E-state index < -0.39 is 0 Å². The maximum absolute atomic E-state index is 4.56. The first-order valence-electron chi connectivity index (χ1n) is 6.60. The van der Waals surface area contributed by atoms with Crippen LogP contribution in [0.4, 0.5) is 0 Å². The lowest BCUT2D eigenvalue weighted by Gasteiger charge is -2.13. The van der Waals surface area contributed by atoms with Gasteiger partial charge in [0.2, 0.25) is 0 Å². The Morgan fingerprint density at radius 1 is 1.21 bits per heavy atom. The maximum atomic E-state index is 4.56. The van der Waals surface area contributed by atoms with Gasteiger partial charge in [0.05, 0.1) is 5.69 Å². The number of nitrogens with zero attached hydrogens (tertiary/aromatic N) is 1. The zero-order valence-electron chi connectivity index (χ0n) is 11.7. The molecule has 1 N–H and O–H groups in total. The Labute approximate surface area is 119 Å². The van der Waals surface area contributed by atoms with Crippen LogP contribution in [0.1, 0.15) is 30.6 Å². The minimum absolute atomic E-state index is 0.345. The number of pyridine rings is 1. The van der Waals surface area contributed by atoms with Gasteiger partial charge in [0.1, 0.15) is 0 Å². The standard InChI is InChI=1S/C16H20N2S/c1-4-15(17-3)16-9-8-14(11-18-16)19-13-7-5-6-12(2)10-13/h5-11,15,17H,4H2,1-3H3. The predicted octanol–water partition coefficient (Wildman–Crippen LogP) is 4.21. The molecule has 2 rings (SSSR count). The largest absolute Gasteiger partial charge is 0.312 e. The number of hydrogen-bond acceptors (Lipinski definition) is 3. The van der Waals surface area contributed by atoms with Crippen molar-refractivity contribution in [3.8, 4) is 0 Å². The maximum Gasteiger partial charge on any atom is 0.0573 e. The van der Waals surface area contributed by atoms with Gasteiger partial charge in [-0.3, -0.25) is 4.98 Å². The monoisotopic (exact) mass is 272 g/mol. The average Bonchev–Trinajstić information content (AvgIpc) is 2.42. The van der Waals surface area contributed by atoms with Crippen LogP contribution in [0.5, 0.6) is 0 Å². The van der Waals surface area contributed by atoms with Crippen molar-refractivity contribution in [3.63, 3.8) is 0 Å². The Morgan fingerprint density at radius 2 is 2.05 bits per heavy atom. The molecule has 1 heterocycles. The van der Waals surface area contributed by atoms with Crippen molar-refractivity contribution in [1.82, 2.24) is 10.3 Å². The zero-order valence-corrected chi connectivity index (χ0v) is 12.5. The molecule has 0 fully saturated rings. The van der Waals surface area contributed by atoms with Crippen LogP contribution in [-0.2, 0) is 0 Å². The molecule has 1 unspecified atom stereocenters. The first-order chi connectivity index (χ1) is 9.22. The summed E-state index contributed by atoms with van der Waals surface area (Å²) in [5.74, 6) is 0. The van der Waals surface area contributed by atoms with Gasteiger partial charge in [0, 0.05) is 22.0 Å². The van der Waals surface area contributed by atoms with Crippen LogP contribution < -0.4 is 5.32 Å². The molecule has 1 aromatic heterocycles. The lowest BCUT2D eigenvalue weighted by Crippen LogP contribution is -2.16. The fraction of sp³-hybridized carbons (Fsp3) is 0.312. The number of rotatable bonds is 5. The molecular weight excluding hydrogens is 252 g/mol. The van der Waals surface area contributed by atoms with E-state index in [-0.39, 0.29) is 0 Å². The van der Waals surface area contributed by atoms with E-state index in [1.54, 1.807) is 11.8 Å². The van der Waals surface area contributed by atoms with Crippen molar-refractivity contribution in [2.45, 2.75) is 36.1 Å². The third kappa shape index (κ3) is 3.82. The van der Waals surface area contributed by atoms with Gasteiger partial charge in [-0.2, -0.15) is 0 Å². The highest BCUT2D eigenvalue weighted by Crippen LogP contribution is 2.28. The first-order valence-corrected chi connectivity index (χ1v) is 7.42. The molecule has 0 saturated carbocycles. The van der Waals surface area contributed by atoms with Crippen molar-refractivity contribution in [1.29, 1.82) is 0 Å². The summed E-state index contributed by atoms with van der Waals surface area (Å²) in [4.78, 5) is 7.00. The van der Waals surface area contributed by atoms with Crippen LogP contribution in [0.25, 0.3) is 0 Å². The van der Waals surface area contributed by atoms with Crippen molar-refractivity contribution < 1.29 is 0 Å². The topological polar surface area (TPSA) is 24.9 Å². The van der Waals surface area contributed by atoms with Gasteiger partial charge >= 0.3 is 0 Å². The first kappa shape index (κ1) is 14.1. The quantitative estimate of drug-likeness (QED) is 0.882. The average molecular weight is 272 g/mol. The van der Waals surface area contributed by atoms with Gasteiger partial charge in [-0.05, 0) is 44.7 Å². The molecule has 0 aliphatic rings. The summed E-state index contributed by atoms with van der Waals surface area (Å²) in [6.07, 6.45) is 3.01. The number of hydrogen-bond donors (Lipinski definition) is 1. The Hall–Kier alpha value is -1.32. The van der Waals surface area contributed by atoms with Crippen molar-refractivity contribution in [2.24, 2.45) is 0 Å². The minimum atomic E-state index is 0.345. The molecule has 1 atom stereocenters. The third-order valence-corrected chi connectivity index (χ3v) is 4.07. The second kappa shape index (κ2) is 6.73. The molecule has 0 aliphatic heterocycles. The van der Waals surface area contributed by atoms with Crippen LogP contribution in [0.2, 0.25) is 0 Å². The lowest BCUT2D eigenvalue weighted by atomic mass is 10.1. The Balaban J connectivity index is 2.10. The molecule has 19 heavy (non-hydrogen) atoms. The van der Waals surface area contributed by atoms with E-state index in [4.69, 9.17) is 0 Å². The van der Waals surface area contributed by atoms with Crippen LogP contribution in [-0.4, -0.2) is 12.0 Å². The Bertz CT molecular complexity index is 519. The van der Waals surface area contributed by atoms with Crippen molar-refractivity contribution >= 4 is 11.8 Å². The number of aryl methyl sites for hydroxylation is 1. The summed E-state index contributed by atoms with van der Waals surface area (Å²) in [6, 6.07) is 13.1. The van der Waals surface area contributed by atoms with Crippen LogP contribution in [0.15, 0.2) is 52.4 Å². The molecule has 0 aliphatic carbocycles. The highest BCUT2D eigenvalue weighted by atomic mass is 32.2. The van der Waals surface area contributed by atoms with Crippen molar-refractivity contribution in [2.75, 3.05) is 7.05 Å². The normalized spacial score (nSPS) is 12.4. The summed E-state index contributed by atoms with van der Waals surface area (Å²) in [7, 11) is 1.98. The van der Waals surface area contributed by atoms with Gasteiger partial charge in [0.25, 0.3) is 0 Å². The molecule has 100 valence electrons. The van der Waals surface area contributed by atoms with Gasteiger partial charge in [-0.25, -0.2) is 0 Å². The van der Waals surface area contributed by atoms with Gasteiger partial charge in [-0.15, -0.1) is 0 Å². The molecular formula is C16H20N2S. The van der Waals surface area contributed by atoms with Gasteiger partial charge in [0.15, 0.2) is 0 Å². The SMILES string of the molecule is CCC(NC)c1ccc(Sc2cccc(C)c2)cn1. The molecule has 0 spiro atoms. The van der Waals surface area contributed by atoms with E-state index in [1.165, 1.54) is 15.4 Å². The number of nitrogens with one attached hydrogen (secondary N) is 1. The smallest absolute Gasteiger partial charge is 0.0573 e. The number of benzene rings is 1. The minimum Gasteiger partial charge on any atom is -0.312 e. The van der Waals surface area contributed by atoms with Gasteiger partial charge in [-0.1, -0.05) is 36.4 Å². The molecule has 2 aromatic rings. The lowest BCUT2D eigenvalue weighted by molar-refractivity contribution is 0.561. The third-order valence-electron chi connectivity index (χ3n) is 3.10. The van der Waals surface area contributed by atoms with E-state index in [9.17, 15) is 0 Å². The predicted molar refractivity (Wildman–Crippen MR) is 81.6 cm³/mol. The fourth-order valence-electron chi connectivity index (χ4n) is 2.03. The molecule has 0 bridgehead atoms. The van der Waals surface area contributed by atoms with E-state index >= 15 is 0 Å². The fourth-order valence-corrected chi connectivity index (χ4v) is 2.94. The highest BCUT2D eigenvalue weighted by Gasteiger charge is 2.07. The Morgan fingerprint density at radius 3 is 2.63 bits per heavy atom. The van der Waals surface area contributed by atoms with Crippen LogP contribution in [0, 0.1) is 6.92 Å². The molecule has 2 nitrogen and oxygen atoms in total. The zero-order chi connectivity index (χ0) is 13.7. The summed E-state index contributed by atoms with van der Waals surface area (Å²) < 4.78 is 0. The van der Waals surface area contributed by atoms with E-state index in [0.29, 0.717) is 6.04 Å². The van der Waals surface area contributed by atoms with Crippen LogP contribution in [0.3, 0.4) is 0 Å². The molecule has 0 saturated heterocycles.